The van der Waals surface area contributed by atoms with Crippen LogP contribution in [0.5, 0.6) is 5.75 Å². The summed E-state index contributed by atoms with van der Waals surface area (Å²) in [4.78, 5) is 28.8. The number of carbonyl (C=O) groups is 2. The molecule has 1 saturated heterocycles. The lowest BCUT2D eigenvalue weighted by Crippen LogP contribution is -2.60. The third kappa shape index (κ3) is 3.08. The van der Waals surface area contributed by atoms with Crippen molar-refractivity contribution in [1.82, 2.24) is 4.90 Å². The number of aliphatic carboxylic acids is 1. The number of para-hydroxylation sites is 1. The number of hydrogen-bond donors (Lipinski definition) is 1. The van der Waals surface area contributed by atoms with Gasteiger partial charge in [0.05, 0.1) is 12.5 Å². The average Bonchev–Trinajstić information content (AvgIpc) is 3.37. The largest absolute Gasteiger partial charge is 0.496 e. The molecule has 6 heteroatoms. The van der Waals surface area contributed by atoms with Gasteiger partial charge in [-0.3, -0.25) is 9.59 Å². The van der Waals surface area contributed by atoms with E-state index < -0.39 is 16.8 Å². The van der Waals surface area contributed by atoms with Crippen LogP contribution in [-0.2, 0) is 15.0 Å². The van der Waals surface area contributed by atoms with Crippen LogP contribution in [0.3, 0.4) is 0 Å². The van der Waals surface area contributed by atoms with Gasteiger partial charge in [0.25, 0.3) is 5.91 Å². The Bertz CT molecular complexity index is 1430. The molecule has 188 valence electrons. The Morgan fingerprint density at radius 1 is 1.05 bits per heavy atom. The molecule has 4 atom stereocenters. The standard InChI is InChI=1S/C31H28FNO4/c1-19(22-7-4-6-10-26(22)37-2)28(34)33-17-27-30(20-11-13-21(32)14-12-20)16-15-25(31(27,18-33)29(35)36)23-8-3-5-9-24(23)30/h3-14,25,27H,1,15-18H2,2H3,(H,35,36). The Kier molecular flexibility index (Phi) is 5.26. The molecule has 1 heterocycles. The summed E-state index contributed by atoms with van der Waals surface area (Å²) in [6.07, 6.45) is 1.43. The zero-order chi connectivity index (χ0) is 25.9. The summed E-state index contributed by atoms with van der Waals surface area (Å²) in [5.41, 5.74) is 2.09. The van der Waals surface area contributed by atoms with E-state index in [1.165, 1.54) is 12.1 Å². The predicted octanol–water partition coefficient (Wildman–Crippen LogP) is 5.25. The molecule has 0 radical (unpaired) electrons. The molecule has 7 rings (SSSR count). The van der Waals surface area contributed by atoms with Crippen molar-refractivity contribution in [3.8, 4) is 5.75 Å². The minimum absolute atomic E-state index is 0.0992. The van der Waals surface area contributed by atoms with E-state index in [0.29, 0.717) is 17.7 Å². The zero-order valence-electron chi connectivity index (χ0n) is 20.6. The van der Waals surface area contributed by atoms with E-state index in [4.69, 9.17) is 4.74 Å². The molecule has 4 unspecified atom stereocenters. The molecule has 5 nitrogen and oxygen atoms in total. The van der Waals surface area contributed by atoms with Gasteiger partial charge in [0.15, 0.2) is 0 Å². The fourth-order valence-electron chi connectivity index (χ4n) is 7.56. The fraction of sp³-hybridized carbons (Fsp3) is 0.290. The van der Waals surface area contributed by atoms with Crippen LogP contribution in [0.1, 0.15) is 41.0 Å². The van der Waals surface area contributed by atoms with Crippen LogP contribution in [0.4, 0.5) is 4.39 Å². The van der Waals surface area contributed by atoms with E-state index in [-0.39, 0.29) is 42.2 Å². The number of methoxy groups -OCH3 is 1. The molecular formula is C31H28FNO4. The maximum atomic E-state index is 14.0. The average molecular weight is 498 g/mol. The van der Waals surface area contributed by atoms with Crippen LogP contribution in [0, 0.1) is 17.2 Å². The van der Waals surface area contributed by atoms with Gasteiger partial charge >= 0.3 is 5.97 Å². The first-order chi connectivity index (χ1) is 17.8. The van der Waals surface area contributed by atoms with Gasteiger partial charge in [-0.1, -0.05) is 61.2 Å². The topological polar surface area (TPSA) is 66.8 Å². The first kappa shape index (κ1) is 23.5. The highest BCUT2D eigenvalue weighted by atomic mass is 19.1. The van der Waals surface area contributed by atoms with E-state index in [2.05, 4.69) is 12.6 Å². The van der Waals surface area contributed by atoms with Crippen LogP contribution in [0.25, 0.3) is 5.57 Å². The van der Waals surface area contributed by atoms with Crippen molar-refractivity contribution >= 4 is 17.4 Å². The molecule has 1 amide bonds. The second kappa shape index (κ2) is 8.30. The van der Waals surface area contributed by atoms with Crippen molar-refractivity contribution in [3.63, 3.8) is 0 Å². The van der Waals surface area contributed by atoms with Crippen molar-refractivity contribution in [2.24, 2.45) is 11.3 Å². The Balaban J connectivity index is 1.49. The van der Waals surface area contributed by atoms with Crippen LogP contribution in [0.15, 0.2) is 79.4 Å². The Hall–Kier alpha value is -3.93. The van der Waals surface area contributed by atoms with Crippen LogP contribution >= 0.6 is 0 Å². The van der Waals surface area contributed by atoms with Gasteiger partial charge in [0, 0.05) is 41.5 Å². The zero-order valence-corrected chi connectivity index (χ0v) is 20.6. The second-order valence-electron chi connectivity index (χ2n) is 10.4. The molecule has 2 bridgehead atoms. The summed E-state index contributed by atoms with van der Waals surface area (Å²) in [6, 6.07) is 21.7. The summed E-state index contributed by atoms with van der Waals surface area (Å²) in [5.74, 6) is -1.56. The summed E-state index contributed by atoms with van der Waals surface area (Å²) in [7, 11) is 1.54. The number of amides is 1. The highest BCUT2D eigenvalue weighted by Crippen LogP contribution is 2.69. The number of hydrogen-bond acceptors (Lipinski definition) is 3. The number of rotatable bonds is 5. The molecule has 4 aliphatic rings. The van der Waals surface area contributed by atoms with E-state index in [9.17, 15) is 19.1 Å². The highest BCUT2D eigenvalue weighted by Gasteiger charge is 2.70. The van der Waals surface area contributed by atoms with Crippen LogP contribution in [0.2, 0.25) is 0 Å². The number of ether oxygens (including phenoxy) is 1. The predicted molar refractivity (Wildman–Crippen MR) is 138 cm³/mol. The van der Waals surface area contributed by atoms with Gasteiger partial charge in [0.1, 0.15) is 11.6 Å². The van der Waals surface area contributed by atoms with E-state index in [1.54, 1.807) is 36.3 Å². The number of halogens is 1. The molecule has 2 fully saturated rings. The molecule has 1 N–H and O–H groups in total. The summed E-state index contributed by atoms with van der Waals surface area (Å²) >= 11 is 0. The van der Waals surface area contributed by atoms with Crippen molar-refractivity contribution in [1.29, 1.82) is 0 Å². The molecular weight excluding hydrogens is 469 g/mol. The third-order valence-electron chi connectivity index (χ3n) is 9.07. The SMILES string of the molecule is C=C(C(=O)N1CC2C3(c4ccc(F)cc4)CCC(c4ccccc43)C2(C(=O)O)C1)c1ccccc1OC. The van der Waals surface area contributed by atoms with Crippen molar-refractivity contribution in [3.05, 3.63) is 107 Å². The quantitative estimate of drug-likeness (QED) is 0.489. The van der Waals surface area contributed by atoms with E-state index in [0.717, 1.165) is 23.1 Å². The minimum Gasteiger partial charge on any atom is -0.496 e. The smallest absolute Gasteiger partial charge is 0.312 e. The number of carboxylic acid groups (broad SMARTS) is 1. The molecule has 3 aromatic carbocycles. The van der Waals surface area contributed by atoms with Crippen LogP contribution in [-0.4, -0.2) is 42.1 Å². The number of carbonyl (C=O) groups excluding carboxylic acids is 1. The van der Waals surface area contributed by atoms with Crippen LogP contribution < -0.4 is 4.74 Å². The highest BCUT2D eigenvalue weighted by molar-refractivity contribution is 6.19. The minimum atomic E-state index is -1.16. The normalized spacial score (nSPS) is 27.4. The van der Waals surface area contributed by atoms with Gasteiger partial charge in [-0.05, 0) is 47.7 Å². The molecule has 0 spiro atoms. The monoisotopic (exact) mass is 497 g/mol. The maximum Gasteiger partial charge on any atom is 0.312 e. The van der Waals surface area contributed by atoms with Crippen molar-refractivity contribution in [2.75, 3.05) is 20.2 Å². The first-order valence-electron chi connectivity index (χ1n) is 12.5. The Morgan fingerprint density at radius 2 is 1.76 bits per heavy atom. The van der Waals surface area contributed by atoms with E-state index in [1.807, 2.05) is 30.3 Å². The summed E-state index contributed by atoms with van der Waals surface area (Å²) < 4.78 is 19.4. The third-order valence-corrected chi connectivity index (χ3v) is 9.07. The molecule has 1 aliphatic heterocycles. The summed E-state index contributed by atoms with van der Waals surface area (Å²) in [6.45, 7) is 4.46. The van der Waals surface area contributed by atoms with Gasteiger partial charge in [0.2, 0.25) is 0 Å². The first-order valence-corrected chi connectivity index (χ1v) is 12.5. The molecule has 37 heavy (non-hydrogen) atoms. The lowest BCUT2D eigenvalue weighted by Gasteiger charge is -2.59. The number of carboxylic acids is 1. The van der Waals surface area contributed by atoms with Gasteiger partial charge in [-0.25, -0.2) is 4.39 Å². The number of benzene rings is 3. The number of nitrogens with zero attached hydrogens (tertiary/aromatic N) is 1. The van der Waals surface area contributed by atoms with E-state index >= 15 is 0 Å². The van der Waals surface area contributed by atoms with Gasteiger partial charge < -0.3 is 14.7 Å². The van der Waals surface area contributed by atoms with Gasteiger partial charge in [-0.2, -0.15) is 0 Å². The second-order valence-corrected chi connectivity index (χ2v) is 10.4. The number of fused-ring (bicyclic) bond motifs is 1. The van der Waals surface area contributed by atoms with Crippen molar-refractivity contribution < 1.29 is 23.8 Å². The molecule has 3 aromatic rings. The maximum absolute atomic E-state index is 14.0. The fourth-order valence-corrected chi connectivity index (χ4v) is 7.56. The lowest BCUT2D eigenvalue weighted by molar-refractivity contribution is -0.157. The van der Waals surface area contributed by atoms with Gasteiger partial charge in [-0.15, -0.1) is 0 Å². The molecule has 3 aliphatic carbocycles. The van der Waals surface area contributed by atoms with Crippen molar-refractivity contribution in [2.45, 2.75) is 24.2 Å². The lowest BCUT2D eigenvalue weighted by atomic mass is 9.42. The molecule has 1 saturated carbocycles. The number of likely N-dealkylation sites (tertiary alicyclic amines) is 1. The molecule has 0 aromatic heterocycles. The Morgan fingerprint density at radius 3 is 2.49 bits per heavy atom. The Labute approximate surface area is 215 Å². The summed E-state index contributed by atoms with van der Waals surface area (Å²) in [5, 5.41) is 10.8.